The van der Waals surface area contributed by atoms with Gasteiger partial charge in [-0.15, -0.1) is 0 Å². The molecule has 10 heteroatoms. The molecule has 0 aliphatic carbocycles. The molecule has 0 saturated carbocycles. The van der Waals surface area contributed by atoms with Crippen LogP contribution >= 0.6 is 0 Å². The van der Waals surface area contributed by atoms with E-state index in [1.165, 1.54) is 36.4 Å². The van der Waals surface area contributed by atoms with Gasteiger partial charge in [0.2, 0.25) is 5.91 Å². The molecule has 0 radical (unpaired) electrons. The number of hydrogen-bond donors (Lipinski definition) is 2. The van der Waals surface area contributed by atoms with Crippen LogP contribution in [-0.4, -0.2) is 20.4 Å². The van der Waals surface area contributed by atoms with Crippen LogP contribution in [0.4, 0.5) is 18.9 Å². The predicted octanol–water partition coefficient (Wildman–Crippen LogP) is 5.27. The number of halogens is 3. The van der Waals surface area contributed by atoms with E-state index in [2.05, 4.69) is 5.32 Å². The van der Waals surface area contributed by atoms with E-state index >= 15 is 0 Å². The summed E-state index contributed by atoms with van der Waals surface area (Å²) in [4.78, 5) is 13.3. The van der Waals surface area contributed by atoms with Crippen molar-refractivity contribution in [3.05, 3.63) is 119 Å². The van der Waals surface area contributed by atoms with Gasteiger partial charge in [-0.05, 0) is 58.1 Å². The first-order valence-electron chi connectivity index (χ1n) is 12.5. The molecular formula is C30H26F3N3O3S. The molecule has 1 atom stereocenters. The Hall–Kier alpha value is -4.15. The second-order valence-corrected chi connectivity index (χ2v) is 11.3. The van der Waals surface area contributed by atoms with Gasteiger partial charge in [0.05, 0.1) is 16.1 Å². The summed E-state index contributed by atoms with van der Waals surface area (Å²) < 4.78 is 68.4. The Balaban J connectivity index is 1.42. The number of carbonyl (C=O) groups excluding carboxylic acids is 1. The Labute approximate surface area is 230 Å². The van der Waals surface area contributed by atoms with Crippen LogP contribution in [0.25, 0.3) is 11.1 Å². The van der Waals surface area contributed by atoms with Crippen LogP contribution in [0.2, 0.25) is 0 Å². The van der Waals surface area contributed by atoms with Crippen molar-refractivity contribution in [2.24, 2.45) is 5.73 Å². The van der Waals surface area contributed by atoms with E-state index in [4.69, 9.17) is 5.73 Å². The van der Waals surface area contributed by atoms with Crippen molar-refractivity contribution in [3.63, 3.8) is 0 Å². The second kappa shape index (κ2) is 10.8. The van der Waals surface area contributed by atoms with Crippen molar-refractivity contribution in [3.8, 4) is 11.1 Å². The summed E-state index contributed by atoms with van der Waals surface area (Å²) >= 11 is 0. The van der Waals surface area contributed by atoms with Gasteiger partial charge < -0.3 is 11.1 Å². The van der Waals surface area contributed by atoms with Gasteiger partial charge in [0, 0.05) is 19.5 Å². The molecule has 5 rings (SSSR count). The van der Waals surface area contributed by atoms with E-state index < -0.39 is 33.7 Å². The highest BCUT2D eigenvalue weighted by Gasteiger charge is 2.42. The van der Waals surface area contributed by atoms with E-state index in [0.29, 0.717) is 23.4 Å². The molecule has 0 fully saturated rings. The molecule has 1 heterocycles. The van der Waals surface area contributed by atoms with Crippen LogP contribution in [0.3, 0.4) is 0 Å². The van der Waals surface area contributed by atoms with Crippen molar-refractivity contribution in [2.75, 3.05) is 4.31 Å². The molecule has 0 bridgehead atoms. The quantitative estimate of drug-likeness (QED) is 0.320. The molecule has 1 amide bonds. The molecule has 1 aliphatic heterocycles. The number of sulfonamides is 1. The van der Waals surface area contributed by atoms with Crippen molar-refractivity contribution < 1.29 is 26.4 Å². The Morgan fingerprint density at radius 3 is 2.30 bits per heavy atom. The number of alkyl halides is 3. The number of carbonyl (C=O) groups is 1. The predicted molar refractivity (Wildman–Crippen MR) is 147 cm³/mol. The van der Waals surface area contributed by atoms with Crippen LogP contribution in [0.5, 0.6) is 0 Å². The highest BCUT2D eigenvalue weighted by Crippen LogP contribution is 2.38. The maximum Gasteiger partial charge on any atom is 0.416 e. The Kier molecular flexibility index (Phi) is 7.39. The topological polar surface area (TPSA) is 92.5 Å². The maximum absolute atomic E-state index is 13.9. The molecule has 0 saturated heterocycles. The lowest BCUT2D eigenvalue weighted by atomic mass is 10.0. The average molecular weight is 566 g/mol. The fourth-order valence-corrected chi connectivity index (χ4v) is 6.48. The third-order valence-corrected chi connectivity index (χ3v) is 8.69. The monoisotopic (exact) mass is 565 g/mol. The average Bonchev–Trinajstić information content (AvgIpc) is 3.36. The molecule has 0 aromatic heterocycles. The zero-order valence-corrected chi connectivity index (χ0v) is 22.0. The summed E-state index contributed by atoms with van der Waals surface area (Å²) in [7, 11) is -4.19. The summed E-state index contributed by atoms with van der Waals surface area (Å²) in [5.41, 5.74) is 8.54. The molecular weight excluding hydrogens is 539 g/mol. The van der Waals surface area contributed by atoms with Gasteiger partial charge in [0.15, 0.2) is 0 Å². The highest BCUT2D eigenvalue weighted by atomic mass is 32.2. The minimum atomic E-state index is -4.49. The number of rotatable bonds is 7. The lowest BCUT2D eigenvalue weighted by Gasteiger charge is -2.26. The van der Waals surface area contributed by atoms with Crippen LogP contribution in [0, 0.1) is 0 Å². The van der Waals surface area contributed by atoms with E-state index in [1.54, 1.807) is 24.3 Å². The van der Waals surface area contributed by atoms with Crippen molar-refractivity contribution >= 4 is 21.6 Å². The second-order valence-electron chi connectivity index (χ2n) is 9.49. The number of para-hydroxylation sites is 1. The summed E-state index contributed by atoms with van der Waals surface area (Å²) in [5.74, 6) is -0.446. The largest absolute Gasteiger partial charge is 0.416 e. The Morgan fingerprint density at radius 2 is 1.57 bits per heavy atom. The number of nitrogens with two attached hydrogens (primary N) is 1. The first kappa shape index (κ1) is 27.4. The van der Waals surface area contributed by atoms with E-state index in [0.717, 1.165) is 33.1 Å². The SMILES string of the molecule is NCc1cccc(CNC(=O)[C@@H]2Cc3ccccc3N2S(=O)(=O)c2ccc(-c3cccc(C(F)(F)F)c3)cc2)c1. The number of benzene rings is 4. The first-order chi connectivity index (χ1) is 19.1. The van der Waals surface area contributed by atoms with Crippen molar-refractivity contribution in [1.29, 1.82) is 0 Å². The molecule has 1 aliphatic rings. The van der Waals surface area contributed by atoms with Crippen LogP contribution in [0.15, 0.2) is 102 Å². The smallest absolute Gasteiger partial charge is 0.350 e. The molecule has 4 aromatic carbocycles. The van der Waals surface area contributed by atoms with Gasteiger partial charge in [-0.3, -0.25) is 9.10 Å². The third-order valence-electron chi connectivity index (χ3n) is 6.86. The molecule has 0 spiro atoms. The van der Waals surface area contributed by atoms with Gasteiger partial charge in [-0.1, -0.05) is 66.7 Å². The number of amides is 1. The summed E-state index contributed by atoms with van der Waals surface area (Å²) in [6.45, 7) is 0.567. The summed E-state index contributed by atoms with van der Waals surface area (Å²) in [5, 5.41) is 2.85. The van der Waals surface area contributed by atoms with E-state index in [9.17, 15) is 26.4 Å². The van der Waals surface area contributed by atoms with Crippen LogP contribution in [-0.2, 0) is 40.5 Å². The lowest BCUT2D eigenvalue weighted by molar-refractivity contribution is -0.137. The number of hydrogen-bond acceptors (Lipinski definition) is 4. The van der Waals surface area contributed by atoms with Gasteiger partial charge in [-0.25, -0.2) is 8.42 Å². The number of fused-ring (bicyclic) bond motifs is 1. The minimum absolute atomic E-state index is 0.0756. The first-order valence-corrected chi connectivity index (χ1v) is 14.0. The molecule has 3 N–H and O–H groups in total. The van der Waals surface area contributed by atoms with Crippen molar-refractivity contribution in [2.45, 2.75) is 36.6 Å². The standard InChI is InChI=1S/C30H26F3N3O3S/c31-30(32,33)25-9-4-8-23(16-25)22-11-13-26(14-12-22)40(38,39)36-27-10-2-1-7-24(27)17-28(36)29(37)35-19-21-6-3-5-20(15-21)18-34/h1-16,28H,17-19,34H2,(H,35,37)/t28-/m0/s1. The Morgan fingerprint density at radius 1 is 0.875 bits per heavy atom. The van der Waals surface area contributed by atoms with Gasteiger partial charge >= 0.3 is 6.18 Å². The zero-order valence-electron chi connectivity index (χ0n) is 21.2. The Bertz CT molecular complexity index is 1650. The van der Waals surface area contributed by atoms with Crippen LogP contribution < -0.4 is 15.4 Å². The van der Waals surface area contributed by atoms with E-state index in [1.807, 2.05) is 24.3 Å². The summed E-state index contributed by atoms with van der Waals surface area (Å²) in [6, 6.07) is 23.8. The number of anilines is 1. The van der Waals surface area contributed by atoms with Crippen molar-refractivity contribution in [1.82, 2.24) is 5.32 Å². The van der Waals surface area contributed by atoms with Gasteiger partial charge in [0.25, 0.3) is 10.0 Å². The number of nitrogens with one attached hydrogen (secondary N) is 1. The van der Waals surface area contributed by atoms with Gasteiger partial charge in [0.1, 0.15) is 6.04 Å². The summed E-state index contributed by atoms with van der Waals surface area (Å²) in [6.07, 6.45) is -4.29. The molecule has 6 nitrogen and oxygen atoms in total. The number of nitrogens with zero attached hydrogens (tertiary/aromatic N) is 1. The highest BCUT2D eigenvalue weighted by molar-refractivity contribution is 7.93. The zero-order chi connectivity index (χ0) is 28.5. The maximum atomic E-state index is 13.9. The molecule has 0 unspecified atom stereocenters. The molecule has 40 heavy (non-hydrogen) atoms. The molecule has 4 aromatic rings. The van der Waals surface area contributed by atoms with E-state index in [-0.39, 0.29) is 17.9 Å². The minimum Gasteiger partial charge on any atom is -0.350 e. The third kappa shape index (κ3) is 5.45. The normalized spacial score (nSPS) is 15.1. The van der Waals surface area contributed by atoms with Gasteiger partial charge in [-0.2, -0.15) is 13.2 Å². The fraction of sp³-hybridized carbons (Fsp3) is 0.167. The fourth-order valence-electron chi connectivity index (χ4n) is 4.84. The molecule has 206 valence electrons. The van der Waals surface area contributed by atoms with Crippen LogP contribution in [0.1, 0.15) is 22.3 Å². The lowest BCUT2D eigenvalue weighted by Crippen LogP contribution is -2.47.